The Bertz CT molecular complexity index is 383. The van der Waals surface area contributed by atoms with Crippen LogP contribution >= 0.6 is 11.6 Å². The van der Waals surface area contributed by atoms with E-state index in [0.717, 1.165) is 29.5 Å². The highest BCUT2D eigenvalue weighted by Crippen LogP contribution is 2.41. The largest absolute Gasteiger partial charge is 0.397 e. The SMILES string of the molecule is CCC1(CC)CCN(c2c(N)cccc2Cl)CC1. The summed E-state index contributed by atoms with van der Waals surface area (Å²) < 4.78 is 0. The van der Waals surface area contributed by atoms with Crippen molar-refractivity contribution in [2.45, 2.75) is 39.5 Å². The molecule has 1 aromatic rings. The molecule has 1 fully saturated rings. The van der Waals surface area contributed by atoms with E-state index < -0.39 is 0 Å². The first-order valence-corrected chi connectivity index (χ1v) is 7.28. The average Bonchev–Trinajstić information content (AvgIpc) is 2.39. The maximum atomic E-state index is 6.28. The molecule has 100 valence electrons. The van der Waals surface area contributed by atoms with Crippen molar-refractivity contribution in [2.24, 2.45) is 5.41 Å². The van der Waals surface area contributed by atoms with Gasteiger partial charge in [0.15, 0.2) is 0 Å². The number of hydrogen-bond donors (Lipinski definition) is 1. The van der Waals surface area contributed by atoms with Crippen molar-refractivity contribution in [3.8, 4) is 0 Å². The Balaban J connectivity index is 2.15. The second-order valence-electron chi connectivity index (χ2n) is 5.37. The van der Waals surface area contributed by atoms with Gasteiger partial charge in [0, 0.05) is 13.1 Å². The standard InChI is InChI=1S/C15H23ClN2/c1-3-15(4-2)8-10-18(11-9-15)14-12(16)6-5-7-13(14)17/h5-7H,3-4,8-11,17H2,1-2H3. The minimum absolute atomic E-state index is 0.534. The van der Waals surface area contributed by atoms with Crippen molar-refractivity contribution in [1.82, 2.24) is 0 Å². The van der Waals surface area contributed by atoms with E-state index >= 15 is 0 Å². The Morgan fingerprint density at radius 2 is 1.83 bits per heavy atom. The van der Waals surface area contributed by atoms with Crippen LogP contribution in [-0.2, 0) is 0 Å². The third-order valence-electron chi connectivity index (χ3n) is 4.66. The number of nitrogen functional groups attached to an aromatic ring is 1. The molecule has 18 heavy (non-hydrogen) atoms. The van der Waals surface area contributed by atoms with Crippen molar-refractivity contribution in [2.75, 3.05) is 23.7 Å². The summed E-state index contributed by atoms with van der Waals surface area (Å²) in [6.07, 6.45) is 5.03. The van der Waals surface area contributed by atoms with E-state index in [4.69, 9.17) is 17.3 Å². The zero-order chi connectivity index (χ0) is 13.2. The highest BCUT2D eigenvalue weighted by atomic mass is 35.5. The Morgan fingerprint density at radius 1 is 1.22 bits per heavy atom. The van der Waals surface area contributed by atoms with Crippen molar-refractivity contribution in [3.63, 3.8) is 0 Å². The van der Waals surface area contributed by atoms with Crippen LogP contribution in [0.15, 0.2) is 18.2 Å². The molecule has 1 aliphatic rings. The molecule has 0 bridgehead atoms. The van der Waals surface area contributed by atoms with E-state index in [0.29, 0.717) is 5.41 Å². The first kappa shape index (κ1) is 13.5. The van der Waals surface area contributed by atoms with Gasteiger partial charge in [-0.25, -0.2) is 0 Å². The van der Waals surface area contributed by atoms with Crippen LogP contribution in [-0.4, -0.2) is 13.1 Å². The zero-order valence-electron chi connectivity index (χ0n) is 11.4. The van der Waals surface area contributed by atoms with E-state index in [9.17, 15) is 0 Å². The predicted molar refractivity (Wildman–Crippen MR) is 80.3 cm³/mol. The quantitative estimate of drug-likeness (QED) is 0.825. The molecule has 1 aromatic carbocycles. The molecule has 0 radical (unpaired) electrons. The summed E-state index contributed by atoms with van der Waals surface area (Å²) in [5, 5.41) is 0.774. The van der Waals surface area contributed by atoms with E-state index in [2.05, 4.69) is 18.7 Å². The van der Waals surface area contributed by atoms with Gasteiger partial charge in [-0.1, -0.05) is 44.4 Å². The maximum Gasteiger partial charge on any atom is 0.0789 e. The summed E-state index contributed by atoms with van der Waals surface area (Å²) in [4.78, 5) is 2.35. The van der Waals surface area contributed by atoms with Crippen LogP contribution in [0.1, 0.15) is 39.5 Å². The van der Waals surface area contributed by atoms with Gasteiger partial charge in [0.2, 0.25) is 0 Å². The van der Waals surface area contributed by atoms with Gasteiger partial charge in [0.25, 0.3) is 0 Å². The van der Waals surface area contributed by atoms with Crippen molar-refractivity contribution < 1.29 is 0 Å². The van der Waals surface area contributed by atoms with E-state index in [-0.39, 0.29) is 0 Å². The normalized spacial score (nSPS) is 18.9. The molecule has 0 saturated carbocycles. The van der Waals surface area contributed by atoms with E-state index in [1.54, 1.807) is 0 Å². The van der Waals surface area contributed by atoms with Crippen LogP contribution < -0.4 is 10.6 Å². The number of anilines is 2. The molecule has 0 aliphatic carbocycles. The number of nitrogens with zero attached hydrogens (tertiary/aromatic N) is 1. The molecule has 0 unspecified atom stereocenters. The van der Waals surface area contributed by atoms with Gasteiger partial charge in [0.05, 0.1) is 16.4 Å². The summed E-state index contributed by atoms with van der Waals surface area (Å²) in [6, 6.07) is 5.77. The number of para-hydroxylation sites is 1. The first-order valence-electron chi connectivity index (χ1n) is 6.91. The van der Waals surface area contributed by atoms with Crippen LogP contribution in [0.3, 0.4) is 0 Å². The molecule has 1 aliphatic heterocycles. The summed E-state index contributed by atoms with van der Waals surface area (Å²) in [5.41, 5.74) is 8.42. The van der Waals surface area contributed by atoms with Gasteiger partial charge < -0.3 is 10.6 Å². The van der Waals surface area contributed by atoms with Crippen LogP contribution in [0.5, 0.6) is 0 Å². The van der Waals surface area contributed by atoms with Gasteiger partial charge in [-0.2, -0.15) is 0 Å². The zero-order valence-corrected chi connectivity index (χ0v) is 12.1. The van der Waals surface area contributed by atoms with Crippen molar-refractivity contribution in [3.05, 3.63) is 23.2 Å². The summed E-state index contributed by atoms with van der Waals surface area (Å²) in [6.45, 7) is 6.75. The Kier molecular flexibility index (Phi) is 4.06. The lowest BCUT2D eigenvalue weighted by molar-refractivity contribution is 0.199. The van der Waals surface area contributed by atoms with E-state index in [1.807, 2.05) is 18.2 Å². The minimum atomic E-state index is 0.534. The number of halogens is 1. The Hall–Kier alpha value is -0.890. The second kappa shape index (κ2) is 5.40. The highest BCUT2D eigenvalue weighted by molar-refractivity contribution is 6.34. The lowest BCUT2D eigenvalue weighted by Gasteiger charge is -2.42. The summed E-state index contributed by atoms with van der Waals surface area (Å²) in [7, 11) is 0. The molecule has 0 aromatic heterocycles. The summed E-state index contributed by atoms with van der Waals surface area (Å²) in [5.74, 6) is 0. The lowest BCUT2D eigenvalue weighted by Crippen LogP contribution is -2.40. The van der Waals surface area contributed by atoms with Crippen LogP contribution in [0.2, 0.25) is 5.02 Å². The second-order valence-corrected chi connectivity index (χ2v) is 5.78. The topological polar surface area (TPSA) is 29.3 Å². The van der Waals surface area contributed by atoms with Crippen molar-refractivity contribution >= 4 is 23.0 Å². The number of benzene rings is 1. The third-order valence-corrected chi connectivity index (χ3v) is 4.96. The molecule has 0 amide bonds. The molecule has 0 spiro atoms. The van der Waals surface area contributed by atoms with Crippen LogP contribution in [0, 0.1) is 5.41 Å². The molecule has 2 nitrogen and oxygen atoms in total. The predicted octanol–water partition coefficient (Wildman–Crippen LogP) is 4.33. The fraction of sp³-hybridized carbons (Fsp3) is 0.600. The van der Waals surface area contributed by atoms with Crippen LogP contribution in [0.4, 0.5) is 11.4 Å². The Labute approximate surface area is 115 Å². The van der Waals surface area contributed by atoms with E-state index in [1.165, 1.54) is 25.7 Å². The minimum Gasteiger partial charge on any atom is -0.397 e. The van der Waals surface area contributed by atoms with Gasteiger partial charge >= 0.3 is 0 Å². The van der Waals surface area contributed by atoms with Crippen molar-refractivity contribution in [1.29, 1.82) is 0 Å². The number of hydrogen-bond acceptors (Lipinski definition) is 2. The number of rotatable bonds is 3. The first-order chi connectivity index (χ1) is 8.62. The number of piperidine rings is 1. The average molecular weight is 267 g/mol. The van der Waals surface area contributed by atoms with Gasteiger partial charge in [-0.15, -0.1) is 0 Å². The third kappa shape index (κ3) is 2.44. The fourth-order valence-electron chi connectivity index (χ4n) is 3.03. The molecule has 3 heteroatoms. The fourth-order valence-corrected chi connectivity index (χ4v) is 3.33. The summed E-state index contributed by atoms with van der Waals surface area (Å²) >= 11 is 6.28. The molecule has 2 rings (SSSR count). The van der Waals surface area contributed by atoms with Gasteiger partial charge in [0.1, 0.15) is 0 Å². The molecule has 1 saturated heterocycles. The molecule has 2 N–H and O–H groups in total. The smallest absolute Gasteiger partial charge is 0.0789 e. The molecular weight excluding hydrogens is 244 g/mol. The van der Waals surface area contributed by atoms with Gasteiger partial charge in [-0.05, 0) is 30.4 Å². The number of nitrogens with two attached hydrogens (primary N) is 1. The lowest BCUT2D eigenvalue weighted by atomic mass is 9.74. The monoisotopic (exact) mass is 266 g/mol. The Morgan fingerprint density at radius 3 is 2.33 bits per heavy atom. The van der Waals surface area contributed by atoms with Gasteiger partial charge in [-0.3, -0.25) is 0 Å². The maximum absolute atomic E-state index is 6.28. The molecule has 1 heterocycles. The highest BCUT2D eigenvalue weighted by Gasteiger charge is 2.32. The van der Waals surface area contributed by atoms with Crippen LogP contribution in [0.25, 0.3) is 0 Å². The molecular formula is C15H23ClN2. The molecule has 0 atom stereocenters.